The first kappa shape index (κ1) is 21.1. The summed E-state index contributed by atoms with van der Waals surface area (Å²) in [6.45, 7) is 0.200. The van der Waals surface area contributed by atoms with Crippen molar-refractivity contribution in [2.45, 2.75) is 12.6 Å². The molecule has 3 aromatic rings. The predicted molar refractivity (Wildman–Crippen MR) is 113 cm³/mol. The third kappa shape index (κ3) is 3.96. The molecule has 7 nitrogen and oxygen atoms in total. The Kier molecular flexibility index (Phi) is 5.59. The summed E-state index contributed by atoms with van der Waals surface area (Å²) in [5.74, 6) is -2.55. The van der Waals surface area contributed by atoms with Crippen molar-refractivity contribution in [1.29, 1.82) is 0 Å². The van der Waals surface area contributed by atoms with E-state index in [0.717, 1.165) is 12.1 Å². The van der Waals surface area contributed by atoms with Gasteiger partial charge in [0.05, 0.1) is 24.6 Å². The number of amides is 1. The van der Waals surface area contributed by atoms with Gasteiger partial charge in [-0.05, 0) is 35.7 Å². The van der Waals surface area contributed by atoms with Gasteiger partial charge < -0.3 is 19.3 Å². The Morgan fingerprint density at radius 3 is 2.65 bits per heavy atom. The Morgan fingerprint density at radius 1 is 1.23 bits per heavy atom. The number of halogens is 2. The third-order valence-electron chi connectivity index (χ3n) is 5.20. The lowest BCUT2D eigenvalue weighted by molar-refractivity contribution is 0.0335. The number of nitrogens with zero attached hydrogens (tertiary/aromatic N) is 1. The van der Waals surface area contributed by atoms with Gasteiger partial charge in [0.1, 0.15) is 11.0 Å². The SMILES string of the molecule is CN(C(=O)c1cccc(N[S@@](C)=O)c1)C1COCc2[nH]c(=O)c3cc(F)c(F)cc3c21. The summed E-state index contributed by atoms with van der Waals surface area (Å²) < 4.78 is 47.5. The van der Waals surface area contributed by atoms with Crippen molar-refractivity contribution in [1.82, 2.24) is 9.88 Å². The average Bonchev–Trinajstić information content (AvgIpc) is 2.73. The van der Waals surface area contributed by atoms with E-state index in [-0.39, 0.29) is 29.9 Å². The molecule has 162 valence electrons. The molecule has 2 aromatic carbocycles. The van der Waals surface area contributed by atoms with Crippen molar-refractivity contribution in [3.63, 3.8) is 0 Å². The van der Waals surface area contributed by atoms with Crippen LogP contribution in [0.25, 0.3) is 10.8 Å². The predicted octanol–water partition coefficient (Wildman–Crippen LogP) is 2.86. The van der Waals surface area contributed by atoms with E-state index in [1.54, 1.807) is 31.3 Å². The summed E-state index contributed by atoms with van der Waals surface area (Å²) in [5.41, 5.74) is 1.23. The van der Waals surface area contributed by atoms with Crippen molar-refractivity contribution >= 4 is 33.4 Å². The van der Waals surface area contributed by atoms with Crippen LogP contribution in [0.4, 0.5) is 14.5 Å². The number of aromatic amines is 1. The maximum atomic E-state index is 14.0. The summed E-state index contributed by atoms with van der Waals surface area (Å²) in [4.78, 5) is 29.6. The number of pyridine rings is 1. The number of hydrogen-bond donors (Lipinski definition) is 2. The van der Waals surface area contributed by atoms with Crippen LogP contribution in [-0.4, -0.2) is 39.9 Å². The van der Waals surface area contributed by atoms with Gasteiger partial charge in [-0.1, -0.05) is 6.07 Å². The van der Waals surface area contributed by atoms with Crippen LogP contribution in [0.1, 0.15) is 27.7 Å². The quantitative estimate of drug-likeness (QED) is 0.644. The molecule has 0 aliphatic carbocycles. The zero-order valence-corrected chi connectivity index (χ0v) is 17.5. The van der Waals surface area contributed by atoms with Gasteiger partial charge in [0.15, 0.2) is 11.6 Å². The number of fused-ring (bicyclic) bond motifs is 3. The molecule has 31 heavy (non-hydrogen) atoms. The maximum Gasteiger partial charge on any atom is 0.256 e. The molecule has 2 atom stereocenters. The number of aromatic nitrogens is 1. The molecule has 1 aliphatic heterocycles. The normalized spacial score (nSPS) is 16.6. The van der Waals surface area contributed by atoms with E-state index in [1.165, 1.54) is 11.2 Å². The maximum absolute atomic E-state index is 14.0. The lowest BCUT2D eigenvalue weighted by Gasteiger charge is -2.34. The van der Waals surface area contributed by atoms with Gasteiger partial charge in [-0.2, -0.15) is 0 Å². The van der Waals surface area contributed by atoms with Crippen LogP contribution in [0.3, 0.4) is 0 Å². The molecule has 10 heteroatoms. The number of nitrogens with one attached hydrogen (secondary N) is 2. The molecule has 2 heterocycles. The molecule has 1 amide bonds. The van der Waals surface area contributed by atoms with Gasteiger partial charge in [0.25, 0.3) is 11.5 Å². The molecule has 0 fully saturated rings. The highest BCUT2D eigenvalue weighted by atomic mass is 32.2. The zero-order chi connectivity index (χ0) is 22.3. The minimum Gasteiger partial charge on any atom is -0.373 e. The van der Waals surface area contributed by atoms with E-state index in [1.807, 2.05) is 0 Å². The average molecular weight is 447 g/mol. The number of rotatable bonds is 4. The minimum atomic E-state index is -1.30. The topological polar surface area (TPSA) is 91.5 Å². The molecular formula is C21H19F2N3O4S. The highest BCUT2D eigenvalue weighted by molar-refractivity contribution is 7.85. The molecule has 0 radical (unpaired) electrons. The van der Waals surface area contributed by atoms with Crippen LogP contribution in [-0.2, 0) is 22.3 Å². The molecule has 2 N–H and O–H groups in total. The summed E-state index contributed by atoms with van der Waals surface area (Å²) in [6.07, 6.45) is 1.48. The van der Waals surface area contributed by atoms with Crippen molar-refractivity contribution in [3.05, 3.63) is 75.2 Å². The summed E-state index contributed by atoms with van der Waals surface area (Å²) in [5, 5.41) is 0.240. The third-order valence-corrected chi connectivity index (χ3v) is 5.72. The number of benzene rings is 2. The molecule has 0 saturated carbocycles. The molecule has 1 unspecified atom stereocenters. The number of ether oxygens (including phenoxy) is 1. The van der Waals surface area contributed by atoms with Crippen molar-refractivity contribution < 1.29 is 22.5 Å². The fourth-order valence-electron chi connectivity index (χ4n) is 3.77. The van der Waals surface area contributed by atoms with Gasteiger partial charge in [-0.25, -0.2) is 13.0 Å². The van der Waals surface area contributed by atoms with Crippen molar-refractivity contribution in [2.24, 2.45) is 0 Å². The Labute approximate surface area is 178 Å². The van der Waals surface area contributed by atoms with Crippen LogP contribution in [0.15, 0.2) is 41.2 Å². The standard InChI is InChI=1S/C21H19F2N3O4S/c1-26(21(28)11-4-3-5-12(6-11)25-31(2)29)18-10-30-9-17-19(18)13-7-15(22)16(23)8-14(13)20(27)24-17/h3-8,18,25H,9-10H2,1-2H3,(H,24,27)/t18?,31-/m1/s1. The number of carbonyl (C=O) groups excluding carboxylic acids is 1. The van der Waals surface area contributed by atoms with Crippen LogP contribution in [0, 0.1) is 11.6 Å². The highest BCUT2D eigenvalue weighted by Gasteiger charge is 2.31. The fraction of sp³-hybridized carbons (Fsp3) is 0.238. The van der Waals surface area contributed by atoms with Crippen LogP contribution in [0.5, 0.6) is 0 Å². The molecule has 0 bridgehead atoms. The van der Waals surface area contributed by atoms with E-state index >= 15 is 0 Å². The fourth-order valence-corrected chi connectivity index (χ4v) is 4.23. The van der Waals surface area contributed by atoms with Gasteiger partial charge in [-0.3, -0.25) is 9.59 Å². The van der Waals surface area contributed by atoms with Gasteiger partial charge >= 0.3 is 0 Å². The van der Waals surface area contributed by atoms with E-state index in [9.17, 15) is 22.6 Å². The Morgan fingerprint density at radius 2 is 1.94 bits per heavy atom. The van der Waals surface area contributed by atoms with Crippen LogP contribution in [0.2, 0.25) is 0 Å². The first-order valence-corrected chi connectivity index (χ1v) is 10.9. The highest BCUT2D eigenvalue weighted by Crippen LogP contribution is 2.34. The van der Waals surface area contributed by atoms with E-state index in [0.29, 0.717) is 22.5 Å². The van der Waals surface area contributed by atoms with Gasteiger partial charge in [0, 0.05) is 35.8 Å². The molecule has 0 saturated heterocycles. The monoisotopic (exact) mass is 447 g/mol. The number of hydrogen-bond acceptors (Lipinski definition) is 4. The molecule has 0 spiro atoms. The van der Waals surface area contributed by atoms with E-state index in [2.05, 4.69) is 9.71 Å². The second kappa shape index (κ2) is 8.20. The Hall–Kier alpha value is -3.11. The number of H-pyrrole nitrogens is 1. The second-order valence-electron chi connectivity index (χ2n) is 7.24. The number of likely N-dealkylation sites (N-methyl/N-ethyl adjacent to an activating group) is 1. The van der Waals surface area contributed by atoms with E-state index in [4.69, 9.17) is 4.74 Å². The van der Waals surface area contributed by atoms with E-state index < -0.39 is 34.2 Å². The van der Waals surface area contributed by atoms with Crippen molar-refractivity contribution in [3.8, 4) is 0 Å². The van der Waals surface area contributed by atoms with Crippen LogP contribution < -0.4 is 10.3 Å². The van der Waals surface area contributed by atoms with Crippen molar-refractivity contribution in [2.75, 3.05) is 24.6 Å². The summed E-state index contributed by atoms with van der Waals surface area (Å²) in [7, 11) is 0.270. The first-order valence-electron chi connectivity index (χ1n) is 9.35. The first-order chi connectivity index (χ1) is 14.8. The largest absolute Gasteiger partial charge is 0.373 e. The Balaban J connectivity index is 1.78. The summed E-state index contributed by atoms with van der Waals surface area (Å²) >= 11 is 0. The van der Waals surface area contributed by atoms with Gasteiger partial charge in [-0.15, -0.1) is 0 Å². The second-order valence-corrected chi connectivity index (χ2v) is 8.35. The molecule has 1 aromatic heterocycles. The van der Waals surface area contributed by atoms with Crippen LogP contribution >= 0.6 is 0 Å². The molecular weight excluding hydrogens is 428 g/mol. The summed E-state index contributed by atoms with van der Waals surface area (Å²) in [6, 6.07) is 7.74. The smallest absolute Gasteiger partial charge is 0.256 e. The minimum absolute atomic E-state index is 0.00187. The van der Waals surface area contributed by atoms with Gasteiger partial charge in [0.2, 0.25) is 0 Å². The number of anilines is 1. The Bertz CT molecular complexity index is 1280. The lowest BCUT2D eigenvalue weighted by atomic mass is 9.95. The number of carbonyl (C=O) groups is 1. The lowest BCUT2D eigenvalue weighted by Crippen LogP contribution is -2.37. The molecule has 4 rings (SSSR count). The molecule has 1 aliphatic rings. The zero-order valence-electron chi connectivity index (χ0n) is 16.7.